The molecular weight excluding hydrogens is 277 g/mol. The summed E-state index contributed by atoms with van der Waals surface area (Å²) in [4.78, 5) is 4.39. The summed E-state index contributed by atoms with van der Waals surface area (Å²) in [5.74, 6) is 1.07. The molecule has 0 unspecified atom stereocenters. The van der Waals surface area contributed by atoms with E-state index < -0.39 is 0 Å². The van der Waals surface area contributed by atoms with Gasteiger partial charge in [-0.05, 0) is 40.2 Å². The van der Waals surface area contributed by atoms with E-state index in [4.69, 9.17) is 12.7 Å². The van der Waals surface area contributed by atoms with Crippen molar-refractivity contribution in [3.63, 3.8) is 0 Å². The van der Waals surface area contributed by atoms with Crippen LogP contribution in [0, 0.1) is 45.9 Å². The zero-order chi connectivity index (χ0) is 16.6. The SMILES string of the molecule is [B]OC(=C(C#N)n1nc(C)c(C)c1C)c1c(C)nc(C)n1C. The van der Waals surface area contributed by atoms with Crippen LogP contribution in [-0.2, 0) is 11.7 Å². The molecule has 7 heteroatoms. The van der Waals surface area contributed by atoms with E-state index in [9.17, 15) is 5.26 Å². The van der Waals surface area contributed by atoms with E-state index in [-0.39, 0.29) is 11.5 Å². The molecule has 2 aromatic heterocycles. The van der Waals surface area contributed by atoms with Gasteiger partial charge in [-0.15, -0.1) is 0 Å². The summed E-state index contributed by atoms with van der Waals surface area (Å²) < 4.78 is 8.46. The van der Waals surface area contributed by atoms with E-state index in [2.05, 4.69) is 16.2 Å². The van der Waals surface area contributed by atoms with E-state index in [1.54, 1.807) is 4.68 Å². The molecule has 0 amide bonds. The van der Waals surface area contributed by atoms with Gasteiger partial charge in [-0.25, -0.2) is 9.67 Å². The molecule has 6 nitrogen and oxygen atoms in total. The third-order valence-corrected chi connectivity index (χ3v) is 4.01. The number of nitrogens with zero attached hydrogens (tertiary/aromatic N) is 5. The number of hydrogen-bond acceptors (Lipinski definition) is 4. The average molecular weight is 295 g/mol. The molecule has 0 atom stereocenters. The highest BCUT2D eigenvalue weighted by atomic mass is 16.4. The number of aromatic nitrogens is 4. The van der Waals surface area contributed by atoms with Crippen molar-refractivity contribution < 1.29 is 4.65 Å². The topological polar surface area (TPSA) is 68.7 Å². The molecule has 112 valence electrons. The minimum Gasteiger partial charge on any atom is -0.564 e. The van der Waals surface area contributed by atoms with E-state index in [0.29, 0.717) is 5.69 Å². The minimum atomic E-state index is 0.238. The first-order chi connectivity index (χ1) is 10.3. The van der Waals surface area contributed by atoms with Crippen LogP contribution in [-0.4, -0.2) is 27.4 Å². The van der Waals surface area contributed by atoms with Crippen LogP contribution >= 0.6 is 0 Å². The molecule has 0 fully saturated rings. The Morgan fingerprint density at radius 2 is 1.82 bits per heavy atom. The van der Waals surface area contributed by atoms with Gasteiger partial charge in [0.15, 0.2) is 11.5 Å². The van der Waals surface area contributed by atoms with Crippen LogP contribution in [0.2, 0.25) is 0 Å². The Hall–Kier alpha value is -2.49. The third-order valence-electron chi connectivity index (χ3n) is 4.01. The van der Waals surface area contributed by atoms with Crippen LogP contribution in [0.15, 0.2) is 0 Å². The van der Waals surface area contributed by atoms with Gasteiger partial charge in [0.2, 0.25) is 0 Å². The van der Waals surface area contributed by atoms with Gasteiger partial charge in [0.1, 0.15) is 17.6 Å². The normalized spacial score (nSPS) is 12.0. The molecule has 2 radical (unpaired) electrons. The minimum absolute atomic E-state index is 0.238. The van der Waals surface area contributed by atoms with Crippen LogP contribution < -0.4 is 0 Å². The van der Waals surface area contributed by atoms with Gasteiger partial charge in [-0.3, -0.25) is 0 Å². The quantitative estimate of drug-likeness (QED) is 0.494. The second-order valence-corrected chi connectivity index (χ2v) is 5.27. The fourth-order valence-electron chi connectivity index (χ4n) is 2.45. The van der Waals surface area contributed by atoms with E-state index in [1.807, 2.05) is 46.2 Å². The number of imidazole rings is 1. The Labute approximate surface area is 131 Å². The van der Waals surface area contributed by atoms with Crippen molar-refractivity contribution in [2.24, 2.45) is 7.05 Å². The van der Waals surface area contributed by atoms with Crippen molar-refractivity contribution in [3.8, 4) is 6.07 Å². The highest BCUT2D eigenvalue weighted by molar-refractivity contribution is 6.04. The Kier molecular flexibility index (Phi) is 4.13. The molecule has 0 aliphatic rings. The zero-order valence-corrected chi connectivity index (χ0v) is 13.7. The largest absolute Gasteiger partial charge is 0.564 e. The summed E-state index contributed by atoms with van der Waals surface area (Å²) in [6.07, 6.45) is 0. The molecule has 0 saturated carbocycles. The molecule has 0 N–H and O–H groups in total. The van der Waals surface area contributed by atoms with Gasteiger partial charge in [0.05, 0.1) is 11.4 Å². The Morgan fingerprint density at radius 1 is 1.18 bits per heavy atom. The van der Waals surface area contributed by atoms with Gasteiger partial charge in [0, 0.05) is 12.7 Å². The highest BCUT2D eigenvalue weighted by Gasteiger charge is 2.22. The van der Waals surface area contributed by atoms with Crippen molar-refractivity contribution in [2.75, 3.05) is 0 Å². The summed E-state index contributed by atoms with van der Waals surface area (Å²) in [6, 6.07) is 2.15. The molecule has 0 saturated heterocycles. The zero-order valence-electron chi connectivity index (χ0n) is 13.7. The molecule has 2 rings (SSSR count). The second-order valence-electron chi connectivity index (χ2n) is 5.27. The number of rotatable bonds is 3. The second kappa shape index (κ2) is 5.72. The van der Waals surface area contributed by atoms with Crippen molar-refractivity contribution in [3.05, 3.63) is 34.2 Å². The lowest BCUT2D eigenvalue weighted by molar-refractivity contribution is 0.559. The van der Waals surface area contributed by atoms with Crippen LogP contribution in [0.1, 0.15) is 34.2 Å². The first kappa shape index (κ1) is 15.9. The fourth-order valence-corrected chi connectivity index (χ4v) is 2.45. The number of aryl methyl sites for hydroxylation is 3. The van der Waals surface area contributed by atoms with Crippen LogP contribution in [0.5, 0.6) is 0 Å². The highest BCUT2D eigenvalue weighted by Crippen LogP contribution is 2.27. The maximum Gasteiger partial charge on any atom is 0.374 e. The maximum absolute atomic E-state index is 9.62. The summed E-state index contributed by atoms with van der Waals surface area (Å²) >= 11 is 0. The Bertz CT molecular complexity index is 807. The monoisotopic (exact) mass is 295 g/mol. The first-order valence-electron chi connectivity index (χ1n) is 6.88. The van der Waals surface area contributed by atoms with E-state index in [1.165, 1.54) is 0 Å². The predicted octanol–water partition coefficient (Wildman–Crippen LogP) is 2.11. The van der Waals surface area contributed by atoms with E-state index >= 15 is 0 Å². The summed E-state index contributed by atoms with van der Waals surface area (Å²) in [6.45, 7) is 9.50. The van der Waals surface area contributed by atoms with Crippen molar-refractivity contribution >= 4 is 19.5 Å². The maximum atomic E-state index is 9.62. The lowest BCUT2D eigenvalue weighted by atomic mass is 10.2. The number of allylic oxidation sites excluding steroid dienone is 1. The number of hydrogen-bond donors (Lipinski definition) is 0. The van der Waals surface area contributed by atoms with Crippen molar-refractivity contribution in [1.82, 2.24) is 19.3 Å². The third kappa shape index (κ3) is 2.31. The van der Waals surface area contributed by atoms with Crippen LogP contribution in [0.3, 0.4) is 0 Å². The molecular formula is C15H18BN5O. The summed E-state index contributed by atoms with van der Waals surface area (Å²) in [5, 5.41) is 14.0. The molecule has 0 bridgehead atoms. The molecule has 2 aromatic rings. The lowest BCUT2D eigenvalue weighted by Gasteiger charge is -2.13. The van der Waals surface area contributed by atoms with Gasteiger partial charge in [0.25, 0.3) is 0 Å². The molecule has 2 heterocycles. The van der Waals surface area contributed by atoms with Gasteiger partial charge >= 0.3 is 8.05 Å². The van der Waals surface area contributed by atoms with Crippen molar-refractivity contribution in [1.29, 1.82) is 5.26 Å². The Balaban J connectivity index is 2.80. The summed E-state index contributed by atoms with van der Waals surface area (Å²) in [7, 11) is 7.32. The molecule has 0 aliphatic heterocycles. The first-order valence-corrected chi connectivity index (χ1v) is 6.88. The fraction of sp³-hybridized carbons (Fsp3) is 0.400. The molecule has 0 aromatic carbocycles. The number of nitriles is 1. The van der Waals surface area contributed by atoms with E-state index in [0.717, 1.165) is 28.5 Å². The smallest absolute Gasteiger partial charge is 0.374 e. The van der Waals surface area contributed by atoms with Gasteiger partial charge in [-0.2, -0.15) is 10.4 Å². The van der Waals surface area contributed by atoms with Gasteiger partial charge < -0.3 is 9.22 Å². The molecule has 22 heavy (non-hydrogen) atoms. The van der Waals surface area contributed by atoms with Crippen LogP contribution in [0.4, 0.5) is 0 Å². The van der Waals surface area contributed by atoms with Crippen molar-refractivity contribution in [2.45, 2.75) is 34.6 Å². The molecule has 0 aliphatic carbocycles. The summed E-state index contributed by atoms with van der Waals surface area (Å²) in [5.41, 5.74) is 4.41. The Morgan fingerprint density at radius 3 is 2.18 bits per heavy atom. The standard InChI is InChI=1S/C15H18BN5O/c1-8-9(2)19-21(11(8)4)13(7-17)15(22-16)14-10(3)18-12(5)20(14)6/h1-6H3. The predicted molar refractivity (Wildman–Crippen MR) is 84.7 cm³/mol. The lowest BCUT2D eigenvalue weighted by Crippen LogP contribution is -2.09. The average Bonchev–Trinajstić information content (AvgIpc) is 2.88. The molecule has 0 spiro atoms. The van der Waals surface area contributed by atoms with Gasteiger partial charge in [-0.1, -0.05) is 0 Å². The van der Waals surface area contributed by atoms with Crippen LogP contribution in [0.25, 0.3) is 11.5 Å².